The molecule has 1 atom stereocenters. The van der Waals surface area contributed by atoms with Gasteiger partial charge in [-0.2, -0.15) is 0 Å². The van der Waals surface area contributed by atoms with Gasteiger partial charge in [0.05, 0.1) is 25.0 Å². The van der Waals surface area contributed by atoms with Crippen molar-refractivity contribution in [2.75, 3.05) is 13.2 Å². The Bertz CT molecular complexity index is 670. The van der Waals surface area contributed by atoms with Gasteiger partial charge in [-0.15, -0.1) is 0 Å². The maximum atomic E-state index is 12.1. The Morgan fingerprint density at radius 2 is 2.12 bits per heavy atom. The summed E-state index contributed by atoms with van der Waals surface area (Å²) in [4.78, 5) is 26.8. The molecule has 1 unspecified atom stereocenters. The van der Waals surface area contributed by atoms with E-state index in [9.17, 15) is 9.59 Å². The molecular formula is C16H19NO7. The Kier molecular flexibility index (Phi) is 5.05. The minimum absolute atomic E-state index is 0.226. The second-order valence-electron chi connectivity index (χ2n) is 5.42. The van der Waals surface area contributed by atoms with Gasteiger partial charge in [0.15, 0.2) is 5.58 Å². The predicted molar refractivity (Wildman–Crippen MR) is 81.5 cm³/mol. The van der Waals surface area contributed by atoms with Crippen molar-refractivity contribution in [3.63, 3.8) is 0 Å². The van der Waals surface area contributed by atoms with Crippen molar-refractivity contribution in [1.29, 1.82) is 0 Å². The van der Waals surface area contributed by atoms with E-state index in [-0.39, 0.29) is 11.8 Å². The van der Waals surface area contributed by atoms with Crippen LogP contribution in [0.4, 0.5) is 4.79 Å². The third-order valence-corrected chi connectivity index (χ3v) is 3.69. The van der Waals surface area contributed by atoms with Gasteiger partial charge in [0.1, 0.15) is 11.8 Å². The quantitative estimate of drug-likeness (QED) is 0.661. The van der Waals surface area contributed by atoms with Crippen molar-refractivity contribution in [3.05, 3.63) is 24.1 Å². The summed E-state index contributed by atoms with van der Waals surface area (Å²) in [6.07, 6.45) is 1.00. The summed E-state index contributed by atoms with van der Waals surface area (Å²) in [7, 11) is 0. The van der Waals surface area contributed by atoms with E-state index >= 15 is 0 Å². The van der Waals surface area contributed by atoms with E-state index in [2.05, 4.69) is 4.98 Å². The number of rotatable bonds is 5. The van der Waals surface area contributed by atoms with Crippen molar-refractivity contribution in [2.45, 2.75) is 38.6 Å². The minimum Gasteiger partial charge on any atom is -0.463 e. The first-order valence-electron chi connectivity index (χ1n) is 7.88. The molecule has 1 aliphatic rings. The van der Waals surface area contributed by atoms with Crippen LogP contribution in [-0.4, -0.2) is 42.7 Å². The zero-order valence-corrected chi connectivity index (χ0v) is 13.3. The van der Waals surface area contributed by atoms with Crippen molar-refractivity contribution in [2.24, 2.45) is 0 Å². The molecule has 24 heavy (non-hydrogen) atoms. The minimum atomic E-state index is -1.01. The molecule has 0 aromatic carbocycles. The highest BCUT2D eigenvalue weighted by Crippen LogP contribution is 2.18. The smallest absolute Gasteiger partial charge is 0.463 e. The van der Waals surface area contributed by atoms with Crippen LogP contribution in [0, 0.1) is 0 Å². The van der Waals surface area contributed by atoms with E-state index in [0.29, 0.717) is 43.6 Å². The maximum Gasteiger partial charge on any atom is 0.511 e. The fourth-order valence-electron chi connectivity index (χ4n) is 2.40. The summed E-state index contributed by atoms with van der Waals surface area (Å²) in [5.41, 5.74) is 1.47. The summed E-state index contributed by atoms with van der Waals surface area (Å²) in [5, 5.41) is 0. The van der Waals surface area contributed by atoms with E-state index in [1.165, 1.54) is 12.3 Å². The Morgan fingerprint density at radius 3 is 2.83 bits per heavy atom. The average molecular weight is 337 g/mol. The Labute approximate surface area is 138 Å². The molecule has 2 aromatic rings. The molecule has 1 N–H and O–H groups in total. The van der Waals surface area contributed by atoms with Crippen LogP contribution in [0.2, 0.25) is 0 Å². The molecule has 0 spiro atoms. The standard InChI is InChI=1S/C16H19NO7/c1-2-14(24-16(19)22-10-3-6-20-7-4-10)23-15(18)12-9-13-11(17-12)5-8-21-13/h5,8-10,14,17H,2-4,6-7H2,1H3. The first kappa shape index (κ1) is 16.4. The van der Waals surface area contributed by atoms with E-state index in [1.807, 2.05) is 0 Å². The summed E-state index contributed by atoms with van der Waals surface area (Å²) in [6.45, 7) is 2.84. The van der Waals surface area contributed by atoms with Crippen LogP contribution in [0.25, 0.3) is 11.1 Å². The first-order valence-corrected chi connectivity index (χ1v) is 7.88. The van der Waals surface area contributed by atoms with Gasteiger partial charge in [0, 0.05) is 31.4 Å². The number of aromatic amines is 1. The van der Waals surface area contributed by atoms with Gasteiger partial charge in [-0.05, 0) is 0 Å². The van der Waals surface area contributed by atoms with Crippen LogP contribution in [0.15, 0.2) is 22.8 Å². The number of esters is 1. The second-order valence-corrected chi connectivity index (χ2v) is 5.42. The van der Waals surface area contributed by atoms with Crippen molar-refractivity contribution < 1.29 is 33.0 Å². The summed E-state index contributed by atoms with van der Waals surface area (Å²) < 4.78 is 25.8. The highest BCUT2D eigenvalue weighted by Gasteiger charge is 2.24. The largest absolute Gasteiger partial charge is 0.511 e. The lowest BCUT2D eigenvalue weighted by molar-refractivity contribution is -0.107. The topological polar surface area (TPSA) is 100.0 Å². The number of hydrogen-bond acceptors (Lipinski definition) is 7. The number of H-pyrrole nitrogens is 1. The molecule has 130 valence electrons. The van der Waals surface area contributed by atoms with Crippen LogP contribution in [-0.2, 0) is 18.9 Å². The molecular weight excluding hydrogens is 318 g/mol. The number of fused-ring (bicyclic) bond motifs is 1. The van der Waals surface area contributed by atoms with Gasteiger partial charge < -0.3 is 28.3 Å². The van der Waals surface area contributed by atoms with Crippen LogP contribution in [0.1, 0.15) is 36.7 Å². The summed E-state index contributed by atoms with van der Waals surface area (Å²) in [6, 6.07) is 3.23. The number of carbonyl (C=O) groups is 2. The van der Waals surface area contributed by atoms with Crippen molar-refractivity contribution in [3.8, 4) is 0 Å². The Balaban J connectivity index is 1.52. The zero-order valence-electron chi connectivity index (χ0n) is 13.3. The fraction of sp³-hybridized carbons (Fsp3) is 0.500. The van der Waals surface area contributed by atoms with Gasteiger partial charge in [0.2, 0.25) is 0 Å². The monoisotopic (exact) mass is 337 g/mol. The highest BCUT2D eigenvalue weighted by atomic mass is 16.8. The summed E-state index contributed by atoms with van der Waals surface area (Å²) in [5.74, 6) is -0.632. The number of carbonyl (C=O) groups excluding carboxylic acids is 2. The Hall–Kier alpha value is -2.48. The van der Waals surface area contributed by atoms with E-state index in [4.69, 9.17) is 23.4 Å². The number of furan rings is 1. The van der Waals surface area contributed by atoms with E-state index < -0.39 is 18.4 Å². The third-order valence-electron chi connectivity index (χ3n) is 3.69. The maximum absolute atomic E-state index is 12.1. The number of hydrogen-bond donors (Lipinski definition) is 1. The number of nitrogens with one attached hydrogen (secondary N) is 1. The zero-order chi connectivity index (χ0) is 16.9. The van der Waals surface area contributed by atoms with Crippen LogP contribution in [0.3, 0.4) is 0 Å². The predicted octanol–water partition coefficient (Wildman–Crippen LogP) is 2.99. The van der Waals surface area contributed by atoms with Gasteiger partial charge >= 0.3 is 12.1 Å². The van der Waals surface area contributed by atoms with Crippen LogP contribution < -0.4 is 0 Å². The van der Waals surface area contributed by atoms with Gasteiger partial charge in [-0.3, -0.25) is 0 Å². The van der Waals surface area contributed by atoms with Gasteiger partial charge in [-0.25, -0.2) is 9.59 Å². The average Bonchev–Trinajstić information content (AvgIpc) is 3.16. The molecule has 1 saturated heterocycles. The molecule has 2 aromatic heterocycles. The van der Waals surface area contributed by atoms with Gasteiger partial charge in [0.25, 0.3) is 6.29 Å². The molecule has 3 heterocycles. The van der Waals surface area contributed by atoms with Crippen molar-refractivity contribution in [1.82, 2.24) is 4.98 Å². The molecule has 0 saturated carbocycles. The summed E-state index contributed by atoms with van der Waals surface area (Å²) >= 11 is 0. The Morgan fingerprint density at radius 1 is 1.33 bits per heavy atom. The lowest BCUT2D eigenvalue weighted by atomic mass is 10.2. The molecule has 3 rings (SSSR count). The first-order chi connectivity index (χ1) is 11.7. The fourth-order valence-corrected chi connectivity index (χ4v) is 2.40. The molecule has 0 amide bonds. The third kappa shape index (κ3) is 3.88. The van der Waals surface area contributed by atoms with Crippen LogP contribution in [0.5, 0.6) is 0 Å². The number of ether oxygens (including phenoxy) is 4. The second kappa shape index (κ2) is 7.39. The molecule has 1 aliphatic heterocycles. The van der Waals surface area contributed by atoms with Crippen molar-refractivity contribution >= 4 is 23.2 Å². The van der Waals surface area contributed by atoms with E-state index in [0.717, 1.165) is 0 Å². The van der Waals surface area contributed by atoms with E-state index in [1.54, 1.807) is 13.0 Å². The number of aromatic nitrogens is 1. The molecule has 8 nitrogen and oxygen atoms in total. The highest BCUT2D eigenvalue weighted by molar-refractivity contribution is 5.93. The normalized spacial score (nSPS) is 16.7. The molecule has 0 aliphatic carbocycles. The molecule has 0 radical (unpaired) electrons. The molecule has 1 fully saturated rings. The van der Waals surface area contributed by atoms with Crippen LogP contribution >= 0.6 is 0 Å². The van der Waals surface area contributed by atoms with Gasteiger partial charge in [-0.1, -0.05) is 6.92 Å². The molecule has 0 bridgehead atoms. The molecule has 8 heteroatoms. The SMILES string of the molecule is CCC(OC(=O)OC1CCOCC1)OC(=O)c1cc2occc2[nH]1. The lowest BCUT2D eigenvalue weighted by Gasteiger charge is -2.23. The lowest BCUT2D eigenvalue weighted by Crippen LogP contribution is -2.30.